The van der Waals surface area contributed by atoms with Gasteiger partial charge in [0, 0.05) is 25.2 Å². The van der Waals surface area contributed by atoms with Crippen LogP contribution in [0.15, 0.2) is 18.3 Å². The summed E-state index contributed by atoms with van der Waals surface area (Å²) in [6.45, 7) is 10.2. The van der Waals surface area contributed by atoms with E-state index in [2.05, 4.69) is 41.3 Å². The molecule has 1 aliphatic heterocycles. The van der Waals surface area contributed by atoms with Gasteiger partial charge in [0.15, 0.2) is 5.65 Å². The van der Waals surface area contributed by atoms with Crippen LogP contribution in [0.25, 0.3) is 11.2 Å². The van der Waals surface area contributed by atoms with Gasteiger partial charge < -0.3 is 4.57 Å². The Labute approximate surface area is 133 Å². The first-order chi connectivity index (χ1) is 10.7. The number of piperidine rings is 1. The van der Waals surface area contributed by atoms with Gasteiger partial charge in [0.1, 0.15) is 11.3 Å². The van der Waals surface area contributed by atoms with Crippen LogP contribution in [0, 0.1) is 5.92 Å². The summed E-state index contributed by atoms with van der Waals surface area (Å²) in [6, 6.07) is 4.70. The van der Waals surface area contributed by atoms with Crippen molar-refractivity contribution >= 4 is 11.2 Å². The second kappa shape index (κ2) is 6.78. The number of pyridine rings is 1. The number of rotatable bonds is 5. The highest BCUT2D eigenvalue weighted by molar-refractivity contribution is 5.71. The summed E-state index contributed by atoms with van der Waals surface area (Å²) in [5.74, 6) is 1.81. The largest absolute Gasteiger partial charge is 0.311 e. The molecule has 4 heteroatoms. The van der Waals surface area contributed by atoms with Crippen LogP contribution in [0.4, 0.5) is 0 Å². The lowest BCUT2D eigenvalue weighted by Gasteiger charge is -2.35. The van der Waals surface area contributed by atoms with Gasteiger partial charge in [-0.15, -0.1) is 0 Å². The van der Waals surface area contributed by atoms with Crippen LogP contribution in [-0.2, 0) is 13.0 Å². The molecule has 0 saturated carbocycles. The summed E-state index contributed by atoms with van der Waals surface area (Å²) in [7, 11) is 0. The van der Waals surface area contributed by atoms with E-state index in [1.54, 1.807) is 0 Å². The minimum atomic E-state index is 0.615. The van der Waals surface area contributed by atoms with Crippen molar-refractivity contribution in [3.8, 4) is 0 Å². The molecular formula is C18H28N4. The predicted molar refractivity (Wildman–Crippen MR) is 91.0 cm³/mol. The third-order valence-corrected chi connectivity index (χ3v) is 4.72. The second-order valence-electron chi connectivity index (χ2n) is 6.86. The quantitative estimate of drug-likeness (QED) is 0.847. The van der Waals surface area contributed by atoms with E-state index in [9.17, 15) is 0 Å². The van der Waals surface area contributed by atoms with Crippen LogP contribution in [0.5, 0.6) is 0 Å². The van der Waals surface area contributed by atoms with E-state index in [-0.39, 0.29) is 0 Å². The highest BCUT2D eigenvalue weighted by atomic mass is 15.2. The van der Waals surface area contributed by atoms with Crippen molar-refractivity contribution in [3.05, 3.63) is 24.2 Å². The zero-order valence-electron chi connectivity index (χ0n) is 14.1. The molecule has 0 radical (unpaired) electrons. The van der Waals surface area contributed by atoms with Gasteiger partial charge >= 0.3 is 0 Å². The van der Waals surface area contributed by atoms with Crippen molar-refractivity contribution < 1.29 is 0 Å². The number of hydrogen-bond acceptors (Lipinski definition) is 3. The van der Waals surface area contributed by atoms with Crippen molar-refractivity contribution in [2.75, 3.05) is 13.1 Å². The van der Waals surface area contributed by atoms with E-state index in [0.717, 1.165) is 30.7 Å². The smallest absolute Gasteiger partial charge is 0.160 e. The van der Waals surface area contributed by atoms with Crippen molar-refractivity contribution in [1.82, 2.24) is 19.4 Å². The summed E-state index contributed by atoms with van der Waals surface area (Å²) in [6.07, 6.45) is 6.89. The SMILES string of the molecule is CCN1CCCCC1Cn1c(CC(C)C)nc2cccnc21. The van der Waals surface area contributed by atoms with Gasteiger partial charge in [0.05, 0.1) is 0 Å². The normalized spacial score (nSPS) is 20.1. The highest BCUT2D eigenvalue weighted by Crippen LogP contribution is 2.22. The summed E-state index contributed by atoms with van der Waals surface area (Å²) < 4.78 is 2.38. The molecule has 3 heterocycles. The maximum Gasteiger partial charge on any atom is 0.160 e. The Morgan fingerprint density at radius 1 is 1.32 bits per heavy atom. The molecule has 1 fully saturated rings. The fraction of sp³-hybridized carbons (Fsp3) is 0.667. The molecular weight excluding hydrogens is 272 g/mol. The number of nitrogens with zero attached hydrogens (tertiary/aromatic N) is 4. The van der Waals surface area contributed by atoms with E-state index in [1.807, 2.05) is 12.3 Å². The molecule has 2 aromatic heterocycles. The summed E-state index contributed by atoms with van der Waals surface area (Å²) >= 11 is 0. The molecule has 1 aliphatic rings. The lowest BCUT2D eigenvalue weighted by atomic mass is 10.0. The number of imidazole rings is 1. The Bertz CT molecular complexity index is 617. The lowest BCUT2D eigenvalue weighted by molar-refractivity contribution is 0.140. The van der Waals surface area contributed by atoms with Crippen molar-refractivity contribution in [2.24, 2.45) is 5.92 Å². The standard InChI is InChI=1S/C18H28N4/c1-4-21-11-6-5-8-15(21)13-22-17(12-14(2)3)20-16-9-7-10-19-18(16)22/h7,9-10,14-15H,4-6,8,11-13H2,1-3H3. The molecule has 4 nitrogen and oxygen atoms in total. The van der Waals surface area contributed by atoms with Gasteiger partial charge in [-0.25, -0.2) is 9.97 Å². The lowest BCUT2D eigenvalue weighted by Crippen LogP contribution is -2.42. The molecule has 0 N–H and O–H groups in total. The molecule has 22 heavy (non-hydrogen) atoms. The summed E-state index contributed by atoms with van der Waals surface area (Å²) in [5.41, 5.74) is 2.09. The van der Waals surface area contributed by atoms with E-state index >= 15 is 0 Å². The van der Waals surface area contributed by atoms with Crippen molar-refractivity contribution in [2.45, 2.75) is 59.0 Å². The van der Waals surface area contributed by atoms with Gasteiger partial charge in [0.2, 0.25) is 0 Å². The Morgan fingerprint density at radius 3 is 2.95 bits per heavy atom. The molecule has 2 aromatic rings. The van der Waals surface area contributed by atoms with Crippen LogP contribution in [0.1, 0.15) is 45.9 Å². The topological polar surface area (TPSA) is 34.0 Å². The van der Waals surface area contributed by atoms with Crippen LogP contribution in [0.2, 0.25) is 0 Å². The molecule has 0 amide bonds. The third kappa shape index (κ3) is 3.17. The Kier molecular flexibility index (Phi) is 4.77. The van der Waals surface area contributed by atoms with Gasteiger partial charge in [-0.05, 0) is 44.0 Å². The second-order valence-corrected chi connectivity index (χ2v) is 6.86. The highest BCUT2D eigenvalue weighted by Gasteiger charge is 2.23. The Hall–Kier alpha value is -1.42. The predicted octanol–water partition coefficient (Wildman–Crippen LogP) is 3.50. The first-order valence-electron chi connectivity index (χ1n) is 8.73. The van der Waals surface area contributed by atoms with Crippen LogP contribution in [0.3, 0.4) is 0 Å². The van der Waals surface area contributed by atoms with Crippen LogP contribution >= 0.6 is 0 Å². The first kappa shape index (κ1) is 15.5. The van der Waals surface area contributed by atoms with E-state index < -0.39 is 0 Å². The molecule has 0 aliphatic carbocycles. The first-order valence-corrected chi connectivity index (χ1v) is 8.73. The van der Waals surface area contributed by atoms with Crippen LogP contribution in [-0.4, -0.2) is 38.6 Å². The van der Waals surface area contributed by atoms with E-state index in [1.165, 1.54) is 31.6 Å². The average molecular weight is 300 g/mol. The minimum absolute atomic E-state index is 0.615. The number of hydrogen-bond donors (Lipinski definition) is 0. The molecule has 0 spiro atoms. The maximum absolute atomic E-state index is 4.85. The average Bonchev–Trinajstić information content (AvgIpc) is 2.85. The maximum atomic E-state index is 4.85. The third-order valence-electron chi connectivity index (χ3n) is 4.72. The van der Waals surface area contributed by atoms with Crippen molar-refractivity contribution in [3.63, 3.8) is 0 Å². The molecule has 1 atom stereocenters. The zero-order valence-corrected chi connectivity index (χ0v) is 14.1. The minimum Gasteiger partial charge on any atom is -0.311 e. The van der Waals surface area contributed by atoms with Gasteiger partial charge in [0.25, 0.3) is 0 Å². The van der Waals surface area contributed by atoms with Crippen LogP contribution < -0.4 is 0 Å². The number of likely N-dealkylation sites (N-methyl/N-ethyl adjacent to an activating group) is 1. The van der Waals surface area contributed by atoms with Gasteiger partial charge in [-0.3, -0.25) is 4.90 Å². The Morgan fingerprint density at radius 2 is 2.18 bits per heavy atom. The number of likely N-dealkylation sites (tertiary alicyclic amines) is 1. The summed E-state index contributed by atoms with van der Waals surface area (Å²) in [5, 5.41) is 0. The van der Waals surface area contributed by atoms with E-state index in [4.69, 9.17) is 4.98 Å². The molecule has 3 rings (SSSR count). The van der Waals surface area contributed by atoms with E-state index in [0.29, 0.717) is 12.0 Å². The Balaban J connectivity index is 1.93. The van der Waals surface area contributed by atoms with Gasteiger partial charge in [-0.1, -0.05) is 27.2 Å². The fourth-order valence-corrected chi connectivity index (χ4v) is 3.61. The van der Waals surface area contributed by atoms with Gasteiger partial charge in [-0.2, -0.15) is 0 Å². The molecule has 0 bridgehead atoms. The van der Waals surface area contributed by atoms with Crippen molar-refractivity contribution in [1.29, 1.82) is 0 Å². The summed E-state index contributed by atoms with van der Waals surface area (Å²) in [4.78, 5) is 12.1. The fourth-order valence-electron chi connectivity index (χ4n) is 3.61. The molecule has 120 valence electrons. The monoisotopic (exact) mass is 300 g/mol. The number of fused-ring (bicyclic) bond motifs is 1. The molecule has 0 aromatic carbocycles. The zero-order chi connectivity index (χ0) is 15.5. The number of aromatic nitrogens is 3. The molecule has 1 unspecified atom stereocenters. The molecule has 1 saturated heterocycles.